The molecule has 0 atom stereocenters. The minimum atomic E-state index is -4.88. The van der Waals surface area contributed by atoms with Crippen molar-refractivity contribution in [3.8, 4) is 5.69 Å². The molecule has 1 aliphatic heterocycles. The standard InChI is InChI=1S/C15H15F4N5O/c16-9-2-1-3-11(8-9)24-13(15(17,18)19)12(22-23-24)14(25)21-10-4-6-20-7-5-10/h1-3,8,10,20H,4-7H2,(H,21,25). The molecule has 1 saturated heterocycles. The number of amides is 1. The van der Waals surface area contributed by atoms with Crippen LogP contribution < -0.4 is 10.6 Å². The molecule has 1 fully saturated rings. The summed E-state index contributed by atoms with van der Waals surface area (Å²) in [6.45, 7) is 1.35. The van der Waals surface area contributed by atoms with Crippen molar-refractivity contribution in [3.05, 3.63) is 41.5 Å². The lowest BCUT2D eigenvalue weighted by molar-refractivity contribution is -0.143. The van der Waals surface area contributed by atoms with Crippen LogP contribution in [0.1, 0.15) is 29.0 Å². The predicted octanol–water partition coefficient (Wildman–Crippen LogP) is 1.91. The van der Waals surface area contributed by atoms with Crippen molar-refractivity contribution >= 4 is 5.91 Å². The summed E-state index contributed by atoms with van der Waals surface area (Å²) < 4.78 is 54.2. The van der Waals surface area contributed by atoms with Gasteiger partial charge in [-0.25, -0.2) is 9.07 Å². The van der Waals surface area contributed by atoms with Crippen molar-refractivity contribution in [2.75, 3.05) is 13.1 Å². The first-order chi connectivity index (χ1) is 11.9. The molecule has 3 rings (SSSR count). The van der Waals surface area contributed by atoms with E-state index in [0.717, 1.165) is 12.1 Å². The van der Waals surface area contributed by atoms with Crippen LogP contribution in [0.25, 0.3) is 5.69 Å². The largest absolute Gasteiger partial charge is 0.435 e. The highest BCUT2D eigenvalue weighted by Crippen LogP contribution is 2.32. The third-order valence-electron chi connectivity index (χ3n) is 3.88. The van der Waals surface area contributed by atoms with Gasteiger partial charge in [0.15, 0.2) is 11.4 Å². The molecular formula is C15H15F4N5O. The number of carbonyl (C=O) groups is 1. The minimum Gasteiger partial charge on any atom is -0.348 e. The molecule has 1 amide bonds. The van der Waals surface area contributed by atoms with E-state index in [-0.39, 0.29) is 11.7 Å². The molecule has 1 aromatic heterocycles. The highest BCUT2D eigenvalue weighted by atomic mass is 19.4. The van der Waals surface area contributed by atoms with Gasteiger partial charge in [-0.15, -0.1) is 5.10 Å². The van der Waals surface area contributed by atoms with Gasteiger partial charge in [-0.05, 0) is 44.1 Å². The Morgan fingerprint density at radius 1 is 1.28 bits per heavy atom. The van der Waals surface area contributed by atoms with Crippen LogP contribution in [-0.4, -0.2) is 40.0 Å². The van der Waals surface area contributed by atoms with Gasteiger partial charge in [0.05, 0.1) is 5.69 Å². The molecule has 25 heavy (non-hydrogen) atoms. The molecule has 0 bridgehead atoms. The van der Waals surface area contributed by atoms with Crippen LogP contribution in [0.4, 0.5) is 17.6 Å². The Labute approximate surface area is 140 Å². The summed E-state index contributed by atoms with van der Waals surface area (Å²) >= 11 is 0. The average molecular weight is 357 g/mol. The smallest absolute Gasteiger partial charge is 0.348 e. The summed E-state index contributed by atoms with van der Waals surface area (Å²) in [6.07, 6.45) is -3.65. The fourth-order valence-electron chi connectivity index (χ4n) is 2.70. The van der Waals surface area contributed by atoms with Gasteiger partial charge in [-0.2, -0.15) is 13.2 Å². The van der Waals surface area contributed by atoms with Crippen LogP contribution in [-0.2, 0) is 6.18 Å². The lowest BCUT2D eigenvalue weighted by Gasteiger charge is -2.23. The number of aromatic nitrogens is 3. The number of benzene rings is 1. The predicted molar refractivity (Wildman–Crippen MR) is 79.7 cm³/mol. The molecule has 1 aliphatic rings. The number of piperidine rings is 1. The first-order valence-corrected chi connectivity index (χ1v) is 7.66. The monoisotopic (exact) mass is 357 g/mol. The van der Waals surface area contributed by atoms with Crippen molar-refractivity contribution in [2.24, 2.45) is 0 Å². The first-order valence-electron chi connectivity index (χ1n) is 7.66. The van der Waals surface area contributed by atoms with E-state index < -0.39 is 29.3 Å². The van der Waals surface area contributed by atoms with E-state index >= 15 is 0 Å². The molecule has 0 aliphatic carbocycles. The Balaban J connectivity index is 1.95. The van der Waals surface area contributed by atoms with Crippen LogP contribution in [0.5, 0.6) is 0 Å². The zero-order valence-electron chi connectivity index (χ0n) is 13.0. The molecular weight excluding hydrogens is 342 g/mol. The normalized spacial score (nSPS) is 16.0. The number of rotatable bonds is 3. The zero-order valence-corrected chi connectivity index (χ0v) is 13.0. The van der Waals surface area contributed by atoms with Crippen molar-refractivity contribution in [1.29, 1.82) is 0 Å². The Morgan fingerprint density at radius 2 is 2.00 bits per heavy atom. The molecule has 2 heterocycles. The molecule has 134 valence electrons. The van der Waals surface area contributed by atoms with Crippen molar-refractivity contribution < 1.29 is 22.4 Å². The molecule has 0 saturated carbocycles. The maximum absolute atomic E-state index is 13.5. The van der Waals surface area contributed by atoms with E-state index in [1.807, 2.05) is 0 Å². The molecule has 0 radical (unpaired) electrons. The van der Waals surface area contributed by atoms with Gasteiger partial charge in [0, 0.05) is 6.04 Å². The average Bonchev–Trinajstić information content (AvgIpc) is 3.01. The summed E-state index contributed by atoms with van der Waals surface area (Å²) in [4.78, 5) is 12.3. The third kappa shape index (κ3) is 3.78. The Kier molecular flexibility index (Phi) is 4.71. The fraction of sp³-hybridized carbons (Fsp3) is 0.400. The highest BCUT2D eigenvalue weighted by molar-refractivity contribution is 5.93. The summed E-state index contributed by atoms with van der Waals surface area (Å²) in [5.74, 6) is -1.66. The Bertz CT molecular complexity index is 768. The topological polar surface area (TPSA) is 71.8 Å². The quantitative estimate of drug-likeness (QED) is 0.824. The van der Waals surface area contributed by atoms with Crippen LogP contribution in [0.3, 0.4) is 0 Å². The first kappa shape index (κ1) is 17.3. The molecule has 10 heteroatoms. The fourth-order valence-corrected chi connectivity index (χ4v) is 2.70. The van der Waals surface area contributed by atoms with Gasteiger partial charge in [-0.1, -0.05) is 11.3 Å². The second-order valence-corrected chi connectivity index (χ2v) is 5.67. The zero-order chi connectivity index (χ0) is 18.0. The molecule has 2 aromatic rings. The molecule has 1 aromatic carbocycles. The van der Waals surface area contributed by atoms with E-state index in [2.05, 4.69) is 20.9 Å². The van der Waals surface area contributed by atoms with Gasteiger partial charge in [0.25, 0.3) is 5.91 Å². The van der Waals surface area contributed by atoms with Crippen LogP contribution in [0.2, 0.25) is 0 Å². The van der Waals surface area contributed by atoms with E-state index in [1.54, 1.807) is 0 Å². The maximum Gasteiger partial charge on any atom is 0.435 e. The van der Waals surface area contributed by atoms with Gasteiger partial charge in [-0.3, -0.25) is 4.79 Å². The number of alkyl halides is 3. The number of nitrogens with one attached hydrogen (secondary N) is 2. The number of halogens is 4. The summed E-state index contributed by atoms with van der Waals surface area (Å²) in [5.41, 5.74) is -2.32. The minimum absolute atomic E-state index is 0.166. The van der Waals surface area contributed by atoms with Gasteiger partial charge >= 0.3 is 6.18 Å². The maximum atomic E-state index is 13.5. The van der Waals surface area contributed by atoms with Crippen LogP contribution >= 0.6 is 0 Å². The second-order valence-electron chi connectivity index (χ2n) is 5.67. The summed E-state index contributed by atoms with van der Waals surface area (Å²) in [5, 5.41) is 12.5. The van der Waals surface area contributed by atoms with Gasteiger partial charge < -0.3 is 10.6 Å². The molecule has 0 spiro atoms. The second kappa shape index (κ2) is 6.79. The van der Waals surface area contributed by atoms with Crippen molar-refractivity contribution in [1.82, 2.24) is 25.6 Å². The lowest BCUT2D eigenvalue weighted by atomic mass is 10.1. The summed E-state index contributed by atoms with van der Waals surface area (Å²) in [7, 11) is 0. The van der Waals surface area contributed by atoms with Crippen molar-refractivity contribution in [2.45, 2.75) is 25.1 Å². The van der Waals surface area contributed by atoms with Gasteiger partial charge in [0.2, 0.25) is 0 Å². The third-order valence-corrected chi connectivity index (χ3v) is 3.88. The summed E-state index contributed by atoms with van der Waals surface area (Å²) in [6, 6.07) is 4.26. The molecule has 2 N–H and O–H groups in total. The highest BCUT2D eigenvalue weighted by Gasteiger charge is 2.42. The SMILES string of the molecule is O=C(NC1CCNCC1)c1nnn(-c2cccc(F)c2)c1C(F)(F)F. The lowest BCUT2D eigenvalue weighted by Crippen LogP contribution is -2.43. The number of hydrogen-bond donors (Lipinski definition) is 2. The molecule has 0 unspecified atom stereocenters. The number of carbonyl (C=O) groups excluding carboxylic acids is 1. The van der Waals surface area contributed by atoms with Gasteiger partial charge in [0.1, 0.15) is 5.82 Å². The Hall–Kier alpha value is -2.49. The van der Waals surface area contributed by atoms with Crippen LogP contribution in [0, 0.1) is 5.82 Å². The molecule has 6 nitrogen and oxygen atoms in total. The van der Waals surface area contributed by atoms with E-state index in [9.17, 15) is 22.4 Å². The van der Waals surface area contributed by atoms with E-state index in [0.29, 0.717) is 30.6 Å². The van der Waals surface area contributed by atoms with E-state index in [4.69, 9.17) is 0 Å². The van der Waals surface area contributed by atoms with E-state index in [1.165, 1.54) is 12.1 Å². The van der Waals surface area contributed by atoms with Crippen molar-refractivity contribution in [3.63, 3.8) is 0 Å². The number of nitrogens with zero attached hydrogens (tertiary/aromatic N) is 3. The van der Waals surface area contributed by atoms with Crippen LogP contribution in [0.15, 0.2) is 24.3 Å². The number of hydrogen-bond acceptors (Lipinski definition) is 4. The Morgan fingerprint density at radius 3 is 2.64 bits per heavy atom.